The van der Waals surface area contributed by atoms with Gasteiger partial charge in [-0.05, 0) is 41.5 Å². The molecule has 0 aromatic heterocycles. The molecule has 15 heavy (non-hydrogen) atoms. The SMILES string of the molecule is CC1OC(C)(C)N(C(=O)C(C)(C)O)C1C. The molecule has 1 rings (SSSR count). The molecule has 0 aliphatic carbocycles. The molecule has 1 aliphatic rings. The van der Waals surface area contributed by atoms with Gasteiger partial charge in [0.1, 0.15) is 11.3 Å². The van der Waals surface area contributed by atoms with Gasteiger partial charge in [-0.25, -0.2) is 0 Å². The Morgan fingerprint density at radius 1 is 1.40 bits per heavy atom. The molecular formula is C11H21NO3. The van der Waals surface area contributed by atoms with E-state index in [0.717, 1.165) is 0 Å². The minimum atomic E-state index is -1.35. The molecule has 1 saturated heterocycles. The van der Waals surface area contributed by atoms with Crippen LogP contribution < -0.4 is 0 Å². The highest BCUT2D eigenvalue weighted by atomic mass is 16.5. The van der Waals surface area contributed by atoms with Crippen molar-refractivity contribution in [2.75, 3.05) is 0 Å². The van der Waals surface area contributed by atoms with E-state index < -0.39 is 11.3 Å². The molecule has 1 N–H and O–H groups in total. The van der Waals surface area contributed by atoms with Crippen molar-refractivity contribution >= 4 is 5.91 Å². The van der Waals surface area contributed by atoms with Crippen molar-refractivity contribution in [1.29, 1.82) is 0 Å². The molecular weight excluding hydrogens is 194 g/mol. The number of aliphatic hydroxyl groups is 1. The monoisotopic (exact) mass is 215 g/mol. The number of hydrogen-bond donors (Lipinski definition) is 1. The number of rotatable bonds is 1. The maximum absolute atomic E-state index is 12.0. The second-order valence-corrected chi connectivity index (χ2v) is 5.24. The Hall–Kier alpha value is -0.610. The summed E-state index contributed by atoms with van der Waals surface area (Å²) < 4.78 is 5.68. The zero-order valence-electron chi connectivity index (χ0n) is 10.4. The first-order chi connectivity index (χ1) is 6.57. The molecule has 0 spiro atoms. The van der Waals surface area contributed by atoms with Gasteiger partial charge in [0.05, 0.1) is 12.1 Å². The van der Waals surface area contributed by atoms with Crippen molar-refractivity contribution in [2.45, 2.75) is 65.0 Å². The third kappa shape index (κ3) is 2.16. The minimum absolute atomic E-state index is 0.00806. The van der Waals surface area contributed by atoms with Gasteiger partial charge in [-0.1, -0.05) is 0 Å². The number of hydrogen-bond acceptors (Lipinski definition) is 3. The average molecular weight is 215 g/mol. The fraction of sp³-hybridized carbons (Fsp3) is 0.909. The molecule has 4 nitrogen and oxygen atoms in total. The zero-order valence-corrected chi connectivity index (χ0v) is 10.4. The number of nitrogens with zero attached hydrogens (tertiary/aromatic N) is 1. The van der Waals surface area contributed by atoms with Crippen LogP contribution >= 0.6 is 0 Å². The molecule has 1 aliphatic heterocycles. The molecule has 1 fully saturated rings. The van der Waals surface area contributed by atoms with Crippen LogP contribution in [-0.4, -0.2) is 39.4 Å². The van der Waals surface area contributed by atoms with Gasteiger partial charge < -0.3 is 14.7 Å². The van der Waals surface area contributed by atoms with Gasteiger partial charge >= 0.3 is 0 Å². The maximum Gasteiger partial charge on any atom is 0.256 e. The van der Waals surface area contributed by atoms with E-state index in [0.29, 0.717) is 0 Å². The molecule has 4 heteroatoms. The van der Waals surface area contributed by atoms with Crippen molar-refractivity contribution in [3.05, 3.63) is 0 Å². The summed E-state index contributed by atoms with van der Waals surface area (Å²) in [5.74, 6) is -0.288. The molecule has 0 aromatic rings. The fourth-order valence-electron chi connectivity index (χ4n) is 2.03. The summed E-state index contributed by atoms with van der Waals surface area (Å²) in [7, 11) is 0. The molecule has 1 heterocycles. The van der Waals surface area contributed by atoms with E-state index in [1.807, 2.05) is 27.7 Å². The van der Waals surface area contributed by atoms with Crippen LogP contribution in [0, 0.1) is 0 Å². The molecule has 2 unspecified atom stereocenters. The number of carbonyl (C=O) groups is 1. The van der Waals surface area contributed by atoms with Crippen molar-refractivity contribution in [3.8, 4) is 0 Å². The van der Waals surface area contributed by atoms with E-state index in [9.17, 15) is 9.90 Å². The number of amides is 1. The summed E-state index contributed by atoms with van der Waals surface area (Å²) in [5.41, 5.74) is -1.99. The van der Waals surface area contributed by atoms with E-state index in [2.05, 4.69) is 0 Å². The number of carbonyl (C=O) groups excluding carboxylic acids is 1. The van der Waals surface area contributed by atoms with Crippen molar-refractivity contribution in [2.24, 2.45) is 0 Å². The molecule has 0 saturated carbocycles. The quantitative estimate of drug-likeness (QED) is 0.713. The largest absolute Gasteiger partial charge is 0.381 e. The lowest BCUT2D eigenvalue weighted by Crippen LogP contribution is -2.54. The van der Waals surface area contributed by atoms with Crippen LogP contribution in [0.1, 0.15) is 41.5 Å². The topological polar surface area (TPSA) is 49.8 Å². The molecule has 2 atom stereocenters. The molecule has 88 valence electrons. The Balaban J connectivity index is 2.99. The first-order valence-corrected chi connectivity index (χ1v) is 5.31. The highest BCUT2D eigenvalue weighted by molar-refractivity contribution is 5.85. The highest BCUT2D eigenvalue weighted by Gasteiger charge is 2.48. The summed E-state index contributed by atoms with van der Waals surface area (Å²) in [4.78, 5) is 13.7. The Kier molecular flexibility index (Phi) is 2.87. The van der Waals surface area contributed by atoms with E-state index in [1.165, 1.54) is 13.8 Å². The predicted molar refractivity (Wildman–Crippen MR) is 57.2 cm³/mol. The lowest BCUT2D eigenvalue weighted by atomic mass is 10.0. The second kappa shape index (κ2) is 3.46. The fourth-order valence-corrected chi connectivity index (χ4v) is 2.03. The summed E-state index contributed by atoms with van der Waals surface area (Å²) >= 11 is 0. The Bertz CT molecular complexity index is 267. The Morgan fingerprint density at radius 3 is 2.13 bits per heavy atom. The van der Waals surface area contributed by atoms with Gasteiger partial charge in [0, 0.05) is 0 Å². The summed E-state index contributed by atoms with van der Waals surface area (Å²) in [5, 5.41) is 9.74. The van der Waals surface area contributed by atoms with Crippen LogP contribution in [0.4, 0.5) is 0 Å². The van der Waals surface area contributed by atoms with Gasteiger partial charge in [-0.3, -0.25) is 4.79 Å². The van der Waals surface area contributed by atoms with E-state index in [1.54, 1.807) is 4.90 Å². The number of ether oxygens (including phenoxy) is 1. The van der Waals surface area contributed by atoms with Gasteiger partial charge in [-0.15, -0.1) is 0 Å². The molecule has 1 amide bonds. The smallest absolute Gasteiger partial charge is 0.256 e. The standard InChI is InChI=1S/C11H21NO3/c1-7-8(2)15-11(5,6)12(7)9(13)10(3,4)14/h7-8,14H,1-6H3. The third-order valence-corrected chi connectivity index (χ3v) is 2.88. The average Bonchev–Trinajstić information content (AvgIpc) is 2.18. The maximum atomic E-state index is 12.0. The van der Waals surface area contributed by atoms with Gasteiger partial charge in [0.25, 0.3) is 5.91 Å². The van der Waals surface area contributed by atoms with Crippen LogP contribution in [0.25, 0.3) is 0 Å². The first kappa shape index (κ1) is 12.5. The molecule has 0 aromatic carbocycles. The third-order valence-electron chi connectivity index (χ3n) is 2.88. The summed E-state index contributed by atoms with van der Waals surface area (Å²) in [6.45, 7) is 10.6. The van der Waals surface area contributed by atoms with Gasteiger partial charge in [-0.2, -0.15) is 0 Å². The first-order valence-electron chi connectivity index (χ1n) is 5.31. The lowest BCUT2D eigenvalue weighted by Gasteiger charge is -2.36. The van der Waals surface area contributed by atoms with Crippen LogP contribution in [0.15, 0.2) is 0 Å². The summed E-state index contributed by atoms with van der Waals surface area (Å²) in [6, 6.07) is -0.0149. The van der Waals surface area contributed by atoms with Crippen LogP contribution in [-0.2, 0) is 9.53 Å². The van der Waals surface area contributed by atoms with Crippen molar-refractivity contribution in [1.82, 2.24) is 4.90 Å². The Labute approximate surface area is 91.2 Å². The van der Waals surface area contributed by atoms with Crippen LogP contribution in [0.3, 0.4) is 0 Å². The lowest BCUT2D eigenvalue weighted by molar-refractivity contribution is -0.163. The predicted octanol–water partition coefficient (Wildman–Crippen LogP) is 1.13. The molecule has 0 bridgehead atoms. The van der Waals surface area contributed by atoms with E-state index in [-0.39, 0.29) is 18.1 Å². The van der Waals surface area contributed by atoms with Gasteiger partial charge in [0.15, 0.2) is 0 Å². The minimum Gasteiger partial charge on any atom is -0.381 e. The molecule has 0 radical (unpaired) electrons. The van der Waals surface area contributed by atoms with Crippen molar-refractivity contribution in [3.63, 3.8) is 0 Å². The van der Waals surface area contributed by atoms with E-state index in [4.69, 9.17) is 4.74 Å². The highest BCUT2D eigenvalue weighted by Crippen LogP contribution is 2.33. The van der Waals surface area contributed by atoms with E-state index >= 15 is 0 Å². The van der Waals surface area contributed by atoms with Crippen LogP contribution in [0.2, 0.25) is 0 Å². The van der Waals surface area contributed by atoms with Gasteiger partial charge in [0.2, 0.25) is 0 Å². The Morgan fingerprint density at radius 2 is 1.87 bits per heavy atom. The summed E-state index contributed by atoms with van der Waals surface area (Å²) in [6.07, 6.45) is -0.00806. The normalized spacial score (nSPS) is 30.7. The second-order valence-electron chi connectivity index (χ2n) is 5.24. The zero-order chi connectivity index (χ0) is 12.0. The van der Waals surface area contributed by atoms with Crippen LogP contribution in [0.5, 0.6) is 0 Å². The van der Waals surface area contributed by atoms with Crippen molar-refractivity contribution < 1.29 is 14.6 Å².